The molecule has 0 saturated heterocycles. The van der Waals surface area contributed by atoms with E-state index >= 15 is 0 Å². The molecule has 21 heavy (non-hydrogen) atoms. The summed E-state index contributed by atoms with van der Waals surface area (Å²) in [6.07, 6.45) is 4.72. The zero-order valence-electron chi connectivity index (χ0n) is 12.1. The Morgan fingerprint density at radius 1 is 1.48 bits per heavy atom. The van der Waals surface area contributed by atoms with Crippen LogP contribution in [-0.2, 0) is 0 Å². The number of pyridine rings is 1. The van der Waals surface area contributed by atoms with Crippen LogP contribution in [0.4, 0.5) is 5.82 Å². The summed E-state index contributed by atoms with van der Waals surface area (Å²) < 4.78 is 0. The molecule has 5 nitrogen and oxygen atoms in total. The standard InChI is InChI=1S/C15H21ClN2O3/c1-2-10-3-5-15(21,6-4-10)9-17-13-8-11(14(19)20)7-12(16)18-13/h7-8,10,21H,2-6,9H2,1H3,(H,17,18)(H,19,20). The van der Waals surface area contributed by atoms with Gasteiger partial charge in [0.15, 0.2) is 0 Å². The quantitative estimate of drug-likeness (QED) is 0.727. The van der Waals surface area contributed by atoms with E-state index in [1.807, 2.05) is 0 Å². The maximum absolute atomic E-state index is 11.0. The number of carboxylic acids is 1. The molecule has 0 aromatic carbocycles. The van der Waals surface area contributed by atoms with Gasteiger partial charge in [-0.05, 0) is 43.7 Å². The lowest BCUT2D eigenvalue weighted by Crippen LogP contribution is -2.40. The lowest BCUT2D eigenvalue weighted by Gasteiger charge is -2.36. The average molecular weight is 313 g/mol. The molecule has 1 saturated carbocycles. The van der Waals surface area contributed by atoms with Crippen molar-refractivity contribution < 1.29 is 15.0 Å². The number of halogens is 1. The van der Waals surface area contributed by atoms with Crippen LogP contribution in [-0.4, -0.2) is 33.3 Å². The highest BCUT2D eigenvalue weighted by molar-refractivity contribution is 6.29. The second-order valence-electron chi connectivity index (χ2n) is 5.80. The Balaban J connectivity index is 1.98. The summed E-state index contributed by atoms with van der Waals surface area (Å²) in [6.45, 7) is 2.53. The van der Waals surface area contributed by atoms with E-state index in [-0.39, 0.29) is 10.7 Å². The van der Waals surface area contributed by atoms with Gasteiger partial charge in [0, 0.05) is 6.54 Å². The first-order chi connectivity index (χ1) is 9.92. The van der Waals surface area contributed by atoms with Crippen molar-refractivity contribution in [3.63, 3.8) is 0 Å². The maximum Gasteiger partial charge on any atom is 0.335 e. The first-order valence-electron chi connectivity index (χ1n) is 7.29. The summed E-state index contributed by atoms with van der Waals surface area (Å²) in [6, 6.07) is 2.73. The molecule has 1 aromatic rings. The van der Waals surface area contributed by atoms with Crippen LogP contribution in [0.1, 0.15) is 49.4 Å². The Kier molecular flexibility index (Phi) is 5.06. The van der Waals surface area contributed by atoms with Gasteiger partial charge >= 0.3 is 5.97 Å². The summed E-state index contributed by atoms with van der Waals surface area (Å²) in [7, 11) is 0. The monoisotopic (exact) mass is 312 g/mol. The third-order valence-electron chi connectivity index (χ3n) is 4.25. The Morgan fingerprint density at radius 3 is 2.71 bits per heavy atom. The van der Waals surface area contributed by atoms with Gasteiger partial charge in [-0.2, -0.15) is 0 Å². The van der Waals surface area contributed by atoms with Crippen molar-refractivity contribution in [2.45, 2.75) is 44.6 Å². The van der Waals surface area contributed by atoms with Crippen LogP contribution in [0.3, 0.4) is 0 Å². The molecule has 1 aliphatic carbocycles. The molecule has 0 atom stereocenters. The first-order valence-corrected chi connectivity index (χ1v) is 7.67. The molecule has 0 spiro atoms. The van der Waals surface area contributed by atoms with Gasteiger partial charge in [-0.3, -0.25) is 0 Å². The van der Waals surface area contributed by atoms with Crippen LogP contribution in [0.5, 0.6) is 0 Å². The molecule has 3 N–H and O–H groups in total. The second-order valence-corrected chi connectivity index (χ2v) is 6.19. The summed E-state index contributed by atoms with van der Waals surface area (Å²) in [5, 5.41) is 22.7. The minimum Gasteiger partial charge on any atom is -0.478 e. The minimum absolute atomic E-state index is 0.0826. The third kappa shape index (κ3) is 4.32. The van der Waals surface area contributed by atoms with Gasteiger partial charge in [-0.15, -0.1) is 0 Å². The van der Waals surface area contributed by atoms with Gasteiger partial charge in [0.05, 0.1) is 11.2 Å². The van der Waals surface area contributed by atoms with E-state index in [9.17, 15) is 9.90 Å². The Morgan fingerprint density at radius 2 is 2.14 bits per heavy atom. The van der Waals surface area contributed by atoms with Crippen LogP contribution < -0.4 is 5.32 Å². The maximum atomic E-state index is 11.0. The van der Waals surface area contributed by atoms with Crippen molar-refractivity contribution in [1.29, 1.82) is 0 Å². The van der Waals surface area contributed by atoms with Crippen molar-refractivity contribution in [2.75, 3.05) is 11.9 Å². The van der Waals surface area contributed by atoms with E-state index in [0.717, 1.165) is 32.1 Å². The molecule has 1 aliphatic rings. The molecule has 0 radical (unpaired) electrons. The average Bonchev–Trinajstić information content (AvgIpc) is 2.45. The number of hydrogen-bond donors (Lipinski definition) is 3. The van der Waals surface area contributed by atoms with Gasteiger partial charge in [0.2, 0.25) is 0 Å². The normalized spacial score (nSPS) is 25.6. The van der Waals surface area contributed by atoms with Crippen molar-refractivity contribution >= 4 is 23.4 Å². The number of aromatic carboxylic acids is 1. The number of nitrogens with zero attached hydrogens (tertiary/aromatic N) is 1. The highest BCUT2D eigenvalue weighted by Crippen LogP contribution is 2.33. The van der Waals surface area contributed by atoms with E-state index in [0.29, 0.717) is 18.3 Å². The van der Waals surface area contributed by atoms with E-state index in [1.165, 1.54) is 12.1 Å². The van der Waals surface area contributed by atoms with Crippen molar-refractivity contribution in [1.82, 2.24) is 4.98 Å². The number of nitrogens with one attached hydrogen (secondary N) is 1. The Labute approximate surface area is 129 Å². The Bertz CT molecular complexity index is 514. The molecule has 1 fully saturated rings. The molecular weight excluding hydrogens is 292 g/mol. The molecule has 0 unspecified atom stereocenters. The van der Waals surface area contributed by atoms with E-state index in [4.69, 9.17) is 16.7 Å². The van der Waals surface area contributed by atoms with Crippen LogP contribution in [0.25, 0.3) is 0 Å². The van der Waals surface area contributed by atoms with E-state index in [1.54, 1.807) is 0 Å². The van der Waals surface area contributed by atoms with E-state index in [2.05, 4.69) is 17.2 Å². The molecule has 2 rings (SSSR count). The fourth-order valence-corrected chi connectivity index (χ4v) is 2.97. The summed E-state index contributed by atoms with van der Waals surface area (Å²) in [5.41, 5.74) is -0.668. The van der Waals surface area contributed by atoms with Crippen LogP contribution >= 0.6 is 11.6 Å². The first kappa shape index (κ1) is 16.0. The summed E-state index contributed by atoms with van der Waals surface area (Å²) in [5.74, 6) is 0.0311. The number of carboxylic acid groups (broad SMARTS) is 1. The lowest BCUT2D eigenvalue weighted by atomic mass is 9.78. The van der Waals surface area contributed by atoms with Gasteiger partial charge in [-0.25, -0.2) is 9.78 Å². The highest BCUT2D eigenvalue weighted by atomic mass is 35.5. The number of hydrogen-bond acceptors (Lipinski definition) is 4. The van der Waals surface area contributed by atoms with Crippen molar-refractivity contribution in [3.8, 4) is 0 Å². The smallest absolute Gasteiger partial charge is 0.335 e. The van der Waals surface area contributed by atoms with Gasteiger partial charge in [-0.1, -0.05) is 24.9 Å². The van der Waals surface area contributed by atoms with Crippen LogP contribution in [0.15, 0.2) is 12.1 Å². The molecule has 0 amide bonds. The van der Waals surface area contributed by atoms with Gasteiger partial charge < -0.3 is 15.5 Å². The number of carbonyl (C=O) groups is 1. The number of aromatic nitrogens is 1. The Hall–Kier alpha value is -1.33. The fourth-order valence-electron chi connectivity index (χ4n) is 2.77. The highest BCUT2D eigenvalue weighted by Gasteiger charge is 2.32. The minimum atomic E-state index is -1.05. The molecule has 116 valence electrons. The molecule has 6 heteroatoms. The molecular formula is C15H21ClN2O3. The number of aliphatic hydroxyl groups is 1. The predicted octanol–water partition coefficient (Wildman–Crippen LogP) is 3.18. The number of rotatable bonds is 5. The third-order valence-corrected chi connectivity index (χ3v) is 4.45. The fraction of sp³-hybridized carbons (Fsp3) is 0.600. The van der Waals surface area contributed by atoms with E-state index < -0.39 is 11.6 Å². The zero-order valence-corrected chi connectivity index (χ0v) is 12.9. The van der Waals surface area contributed by atoms with Gasteiger partial charge in [0.25, 0.3) is 0 Å². The van der Waals surface area contributed by atoms with Crippen LogP contribution in [0.2, 0.25) is 5.15 Å². The molecule has 1 aromatic heterocycles. The van der Waals surface area contributed by atoms with Crippen molar-refractivity contribution in [3.05, 3.63) is 22.8 Å². The zero-order chi connectivity index (χ0) is 15.5. The SMILES string of the molecule is CCC1CCC(O)(CNc2cc(C(=O)O)cc(Cl)n2)CC1. The topological polar surface area (TPSA) is 82.5 Å². The second kappa shape index (κ2) is 6.62. The van der Waals surface area contributed by atoms with Crippen LogP contribution in [0, 0.1) is 5.92 Å². The largest absolute Gasteiger partial charge is 0.478 e. The molecule has 1 heterocycles. The lowest BCUT2D eigenvalue weighted by molar-refractivity contribution is 0.00223. The predicted molar refractivity (Wildman–Crippen MR) is 81.9 cm³/mol. The van der Waals surface area contributed by atoms with Crippen molar-refractivity contribution in [2.24, 2.45) is 5.92 Å². The van der Waals surface area contributed by atoms with Gasteiger partial charge in [0.1, 0.15) is 11.0 Å². The molecule has 0 bridgehead atoms. The summed E-state index contributed by atoms with van der Waals surface area (Å²) >= 11 is 5.81. The summed E-state index contributed by atoms with van der Waals surface area (Å²) in [4.78, 5) is 15.0. The number of anilines is 1. The molecule has 0 aliphatic heterocycles.